The van der Waals surface area contributed by atoms with Crippen LogP contribution in [-0.2, 0) is 4.79 Å². The molecular weight excluding hydrogens is 395 g/mol. The Morgan fingerprint density at radius 2 is 2.13 bits per heavy atom. The molecule has 8 heteroatoms. The van der Waals surface area contributed by atoms with Crippen molar-refractivity contribution in [2.75, 3.05) is 23.3 Å². The lowest BCUT2D eigenvalue weighted by Gasteiger charge is -2.34. The first-order chi connectivity index (χ1) is 15.1. The first-order valence-corrected chi connectivity index (χ1v) is 9.92. The number of nitrogens with one attached hydrogen (secondary N) is 1. The maximum absolute atomic E-state index is 14.6. The third kappa shape index (κ3) is 3.15. The molecule has 2 atom stereocenters. The number of carbonyl (C=O) groups excluding carboxylic acids is 1. The van der Waals surface area contributed by atoms with Crippen LogP contribution >= 0.6 is 0 Å². The molecule has 2 bridgehead atoms. The number of nitrogens with zero attached hydrogens (tertiary/aromatic N) is 5. The number of likely N-dealkylation sites (tertiary alicyclic amines) is 1. The Balaban J connectivity index is 1.47. The molecule has 1 N–H and O–H groups in total. The van der Waals surface area contributed by atoms with Crippen molar-refractivity contribution < 1.29 is 9.18 Å². The molecular formula is C23H19FN6O. The number of benzene rings is 1. The molecule has 4 heterocycles. The summed E-state index contributed by atoms with van der Waals surface area (Å²) in [7, 11) is 0. The number of piperazine rings is 1. The van der Waals surface area contributed by atoms with Crippen LogP contribution in [0.2, 0.25) is 0 Å². The van der Waals surface area contributed by atoms with Gasteiger partial charge in [-0.1, -0.05) is 18.6 Å². The summed E-state index contributed by atoms with van der Waals surface area (Å²) in [4.78, 5) is 29.4. The molecule has 2 aliphatic rings. The van der Waals surface area contributed by atoms with Crippen molar-refractivity contribution in [2.45, 2.75) is 18.5 Å². The lowest BCUT2D eigenvalue weighted by molar-refractivity contribution is -0.127. The van der Waals surface area contributed by atoms with E-state index in [2.05, 4.69) is 32.7 Å². The van der Waals surface area contributed by atoms with Crippen molar-refractivity contribution in [3.8, 4) is 12.3 Å². The zero-order chi connectivity index (χ0) is 21.5. The maximum atomic E-state index is 14.6. The normalized spacial score (nSPS) is 19.5. The second-order valence-corrected chi connectivity index (χ2v) is 7.59. The monoisotopic (exact) mass is 414 g/mol. The van der Waals surface area contributed by atoms with Crippen LogP contribution in [-0.4, -0.2) is 50.9 Å². The number of amides is 1. The third-order valence-corrected chi connectivity index (χ3v) is 5.87. The van der Waals surface area contributed by atoms with E-state index < -0.39 is 5.82 Å². The quantitative estimate of drug-likeness (QED) is 0.523. The lowest BCUT2D eigenvalue weighted by Crippen LogP contribution is -2.48. The van der Waals surface area contributed by atoms with Crippen molar-refractivity contribution in [3.63, 3.8) is 0 Å². The van der Waals surface area contributed by atoms with E-state index in [0.29, 0.717) is 29.9 Å². The first-order valence-electron chi connectivity index (χ1n) is 9.92. The molecule has 2 fully saturated rings. The van der Waals surface area contributed by atoms with Crippen LogP contribution in [0.1, 0.15) is 12.0 Å². The fourth-order valence-corrected chi connectivity index (χ4v) is 4.38. The molecule has 31 heavy (non-hydrogen) atoms. The van der Waals surface area contributed by atoms with Gasteiger partial charge in [-0.3, -0.25) is 4.79 Å². The van der Waals surface area contributed by atoms with E-state index in [1.807, 2.05) is 17.0 Å². The van der Waals surface area contributed by atoms with Crippen LogP contribution in [0.15, 0.2) is 49.3 Å². The highest BCUT2D eigenvalue weighted by molar-refractivity contribution is 5.89. The molecule has 2 aromatic heterocycles. The van der Waals surface area contributed by atoms with E-state index >= 15 is 0 Å². The van der Waals surface area contributed by atoms with Crippen molar-refractivity contribution in [1.29, 1.82) is 0 Å². The van der Waals surface area contributed by atoms with Crippen LogP contribution < -0.4 is 10.2 Å². The molecule has 2 aliphatic heterocycles. The highest BCUT2D eigenvalue weighted by Crippen LogP contribution is 2.35. The molecule has 5 rings (SSSR count). The summed E-state index contributed by atoms with van der Waals surface area (Å²) in [5.74, 6) is 2.96. The zero-order valence-corrected chi connectivity index (χ0v) is 16.6. The summed E-state index contributed by atoms with van der Waals surface area (Å²) < 4.78 is 14.6. The van der Waals surface area contributed by atoms with Gasteiger partial charge in [-0.15, -0.1) is 6.42 Å². The topological polar surface area (TPSA) is 74.2 Å². The minimum absolute atomic E-state index is 0.0327. The van der Waals surface area contributed by atoms with E-state index in [0.717, 1.165) is 12.2 Å². The van der Waals surface area contributed by atoms with Crippen molar-refractivity contribution in [2.24, 2.45) is 0 Å². The van der Waals surface area contributed by atoms with Gasteiger partial charge in [0, 0.05) is 13.1 Å². The van der Waals surface area contributed by atoms with Crippen LogP contribution in [0.25, 0.3) is 11.0 Å². The molecule has 0 radical (unpaired) electrons. The smallest absolute Gasteiger partial charge is 0.246 e. The summed E-state index contributed by atoms with van der Waals surface area (Å²) in [6, 6.07) is 8.95. The summed E-state index contributed by atoms with van der Waals surface area (Å²) in [5.41, 5.74) is 1.57. The lowest BCUT2D eigenvalue weighted by atomic mass is 10.2. The number of hydrogen-bond donors (Lipinski definition) is 1. The van der Waals surface area contributed by atoms with Gasteiger partial charge in [0.05, 0.1) is 28.9 Å². The van der Waals surface area contributed by atoms with Gasteiger partial charge in [-0.2, -0.15) is 0 Å². The molecule has 2 saturated heterocycles. The number of hydrogen-bond acceptors (Lipinski definition) is 6. The number of anilines is 3. The maximum Gasteiger partial charge on any atom is 0.246 e. The largest absolute Gasteiger partial charge is 0.350 e. The van der Waals surface area contributed by atoms with Crippen LogP contribution in [0.4, 0.5) is 21.7 Å². The van der Waals surface area contributed by atoms with Gasteiger partial charge < -0.3 is 15.1 Å². The average Bonchev–Trinajstić information content (AvgIpc) is 3.41. The van der Waals surface area contributed by atoms with Gasteiger partial charge in [0.15, 0.2) is 11.6 Å². The number of rotatable bonds is 4. The Hall–Kier alpha value is -3.99. The number of terminal acetylenes is 1. The molecule has 0 saturated carbocycles. The van der Waals surface area contributed by atoms with E-state index in [9.17, 15) is 9.18 Å². The van der Waals surface area contributed by atoms with Crippen LogP contribution in [0, 0.1) is 18.2 Å². The van der Waals surface area contributed by atoms with Gasteiger partial charge in [0.25, 0.3) is 0 Å². The van der Waals surface area contributed by atoms with E-state index in [4.69, 9.17) is 11.4 Å². The Kier molecular flexibility index (Phi) is 4.51. The number of pyridine rings is 1. The molecule has 7 nitrogen and oxygen atoms in total. The molecule has 1 amide bonds. The number of carbonyl (C=O) groups is 1. The minimum atomic E-state index is -0.517. The zero-order valence-electron chi connectivity index (χ0n) is 16.6. The highest BCUT2D eigenvalue weighted by atomic mass is 19.1. The van der Waals surface area contributed by atoms with Crippen molar-refractivity contribution in [1.82, 2.24) is 19.9 Å². The highest BCUT2D eigenvalue weighted by Gasteiger charge is 2.45. The minimum Gasteiger partial charge on any atom is -0.350 e. The third-order valence-electron chi connectivity index (χ3n) is 5.87. The summed E-state index contributed by atoms with van der Waals surface area (Å²) in [5, 5.41) is 3.00. The summed E-state index contributed by atoms with van der Waals surface area (Å²) in [6.07, 6.45) is 9.04. The molecule has 0 unspecified atom stereocenters. The predicted octanol–water partition coefficient (Wildman–Crippen LogP) is 2.86. The van der Waals surface area contributed by atoms with Gasteiger partial charge in [-0.25, -0.2) is 19.3 Å². The fraction of sp³-hybridized carbons (Fsp3) is 0.217. The average molecular weight is 414 g/mol. The predicted molar refractivity (Wildman–Crippen MR) is 116 cm³/mol. The van der Waals surface area contributed by atoms with E-state index in [1.165, 1.54) is 18.5 Å². The summed E-state index contributed by atoms with van der Waals surface area (Å²) in [6.45, 7) is 4.94. The van der Waals surface area contributed by atoms with Crippen molar-refractivity contribution in [3.05, 3.63) is 60.7 Å². The molecule has 0 spiro atoms. The first kappa shape index (κ1) is 19.0. The second kappa shape index (κ2) is 7.36. The fourth-order valence-electron chi connectivity index (χ4n) is 4.38. The van der Waals surface area contributed by atoms with Gasteiger partial charge in [-0.05, 0) is 36.8 Å². The molecule has 0 aliphatic carbocycles. The molecule has 1 aromatic carbocycles. The Morgan fingerprint density at radius 3 is 2.87 bits per heavy atom. The Bertz CT molecular complexity index is 1250. The van der Waals surface area contributed by atoms with Crippen LogP contribution in [0.5, 0.6) is 0 Å². The SMILES string of the molecule is C#Cc1cccc(Nc2ncnc3ccc(N4C[C@@H]5C[C@H]4CN5C(=O)C=C)nc23)c1F. The standard InChI is InChI=1S/C23H19FN6O/c1-3-14-6-5-7-17(21(14)24)27-23-22-18(25-13-26-23)8-9-19(28-22)29-11-16-10-15(29)12-30(16)20(31)4-2/h1,4-9,13,15-16H,2,10-12H2,(H,25,26,27)/t15-,16-/m0/s1. The van der Waals surface area contributed by atoms with E-state index in [-0.39, 0.29) is 29.2 Å². The molecule has 154 valence electrons. The van der Waals surface area contributed by atoms with Gasteiger partial charge >= 0.3 is 0 Å². The number of aromatic nitrogens is 3. The number of fused-ring (bicyclic) bond motifs is 3. The van der Waals surface area contributed by atoms with Gasteiger partial charge in [0.2, 0.25) is 5.91 Å². The van der Waals surface area contributed by atoms with Crippen LogP contribution in [0.3, 0.4) is 0 Å². The van der Waals surface area contributed by atoms with Gasteiger partial charge in [0.1, 0.15) is 17.7 Å². The Labute approximate surface area is 178 Å². The Morgan fingerprint density at radius 1 is 1.26 bits per heavy atom. The van der Waals surface area contributed by atoms with Crippen molar-refractivity contribution >= 4 is 34.3 Å². The molecule has 3 aromatic rings. The van der Waals surface area contributed by atoms with E-state index in [1.54, 1.807) is 12.1 Å². The summed E-state index contributed by atoms with van der Waals surface area (Å²) >= 11 is 0. The second-order valence-electron chi connectivity index (χ2n) is 7.59. The number of halogens is 1.